The van der Waals surface area contributed by atoms with E-state index in [1.54, 1.807) is 0 Å². The first-order valence-corrected chi connectivity index (χ1v) is 11.1. The van der Waals surface area contributed by atoms with Crippen molar-refractivity contribution in [3.63, 3.8) is 0 Å². The highest BCUT2D eigenvalue weighted by Gasteiger charge is 2.16. The molecule has 0 spiro atoms. The molecular weight excluding hydrogens is 329 g/mol. The van der Waals surface area contributed by atoms with Crippen molar-refractivity contribution >= 4 is 10.1 Å². The molecule has 6 heteroatoms. The fourth-order valence-corrected chi connectivity index (χ4v) is 3.20. The van der Waals surface area contributed by atoms with Gasteiger partial charge in [0.1, 0.15) is 10.1 Å². The average Bonchev–Trinajstić information content (AvgIpc) is 2.56. The van der Waals surface area contributed by atoms with Gasteiger partial charge in [-0.1, -0.05) is 45.4 Å². The summed E-state index contributed by atoms with van der Waals surface area (Å²) in [7, 11) is -4.72. The third-order valence-electron chi connectivity index (χ3n) is 5.03. The third-order valence-corrected chi connectivity index (χ3v) is 5.89. The van der Waals surface area contributed by atoms with Crippen molar-refractivity contribution in [3.05, 3.63) is 0 Å². The van der Waals surface area contributed by atoms with Gasteiger partial charge in [0.25, 0.3) is 0 Å². The molecule has 0 aliphatic carbocycles. The van der Waals surface area contributed by atoms with Gasteiger partial charge in [-0.25, -0.2) is 12.8 Å². The van der Waals surface area contributed by atoms with E-state index in [0.29, 0.717) is 6.42 Å². The van der Waals surface area contributed by atoms with Crippen LogP contribution in [0.4, 0.5) is 4.39 Å². The summed E-state index contributed by atoms with van der Waals surface area (Å²) in [5.41, 5.74) is -2.21. The molecule has 0 N–H and O–H groups in total. The van der Waals surface area contributed by atoms with Gasteiger partial charge < -0.3 is 9.04 Å². The lowest BCUT2D eigenvalue weighted by Crippen LogP contribution is -2.47. The van der Waals surface area contributed by atoms with E-state index in [1.165, 1.54) is 49.9 Å². The Morgan fingerprint density at radius 3 is 1.46 bits per heavy atom. The Kier molecular flexibility index (Phi) is 16.4. The SMILES string of the molecule is CCCCCCCCCC(F)S(=O)(=O)[O-].CC[N+](CC)(CC)CC. The van der Waals surface area contributed by atoms with Crippen LogP contribution in [0.5, 0.6) is 0 Å². The van der Waals surface area contributed by atoms with E-state index in [0.717, 1.165) is 19.3 Å². The maximum Gasteiger partial charge on any atom is 0.189 e. The van der Waals surface area contributed by atoms with Crippen molar-refractivity contribution in [2.45, 2.75) is 91.5 Å². The van der Waals surface area contributed by atoms with Crippen molar-refractivity contribution in [1.82, 2.24) is 0 Å². The van der Waals surface area contributed by atoms with Gasteiger partial charge in [-0.05, 0) is 40.5 Å². The summed E-state index contributed by atoms with van der Waals surface area (Å²) in [5.74, 6) is 0. The van der Waals surface area contributed by atoms with Crippen LogP contribution in [-0.2, 0) is 10.1 Å². The van der Waals surface area contributed by atoms with Crippen molar-refractivity contribution in [3.8, 4) is 0 Å². The Hall–Kier alpha value is -0.200. The first kappa shape index (κ1) is 26.0. The summed E-state index contributed by atoms with van der Waals surface area (Å²) in [6, 6.07) is 0. The predicted molar refractivity (Wildman–Crippen MR) is 99.6 cm³/mol. The molecule has 0 rings (SSSR count). The number of hydrogen-bond acceptors (Lipinski definition) is 3. The van der Waals surface area contributed by atoms with Crippen molar-refractivity contribution < 1.29 is 21.8 Å². The average molecular weight is 370 g/mol. The molecule has 0 aromatic carbocycles. The number of quaternary nitrogens is 1. The van der Waals surface area contributed by atoms with Crippen LogP contribution < -0.4 is 0 Å². The van der Waals surface area contributed by atoms with Crippen LogP contribution >= 0.6 is 0 Å². The number of hydrogen-bond donors (Lipinski definition) is 0. The van der Waals surface area contributed by atoms with Crippen LogP contribution in [0.3, 0.4) is 0 Å². The third kappa shape index (κ3) is 13.1. The van der Waals surface area contributed by atoms with E-state index in [9.17, 15) is 17.4 Å². The van der Waals surface area contributed by atoms with Crippen LogP contribution in [0.1, 0.15) is 86.0 Å². The lowest BCUT2D eigenvalue weighted by atomic mass is 10.1. The Balaban J connectivity index is 0. The highest BCUT2D eigenvalue weighted by Crippen LogP contribution is 2.13. The molecule has 0 saturated carbocycles. The van der Waals surface area contributed by atoms with Gasteiger partial charge in [-0.15, -0.1) is 0 Å². The van der Waals surface area contributed by atoms with Gasteiger partial charge in [0, 0.05) is 0 Å². The molecule has 0 amide bonds. The molecule has 1 unspecified atom stereocenters. The van der Waals surface area contributed by atoms with E-state index < -0.39 is 15.6 Å². The summed E-state index contributed by atoms with van der Waals surface area (Å²) < 4.78 is 44.5. The molecule has 4 nitrogen and oxygen atoms in total. The molecule has 0 aromatic heterocycles. The molecule has 0 fully saturated rings. The summed E-state index contributed by atoms with van der Waals surface area (Å²) in [4.78, 5) is 0. The van der Waals surface area contributed by atoms with E-state index in [2.05, 4.69) is 34.6 Å². The number of halogens is 1. The number of rotatable bonds is 13. The molecule has 0 radical (unpaired) electrons. The molecule has 0 aliphatic rings. The smallest absolute Gasteiger partial charge is 0.189 e. The Morgan fingerprint density at radius 2 is 1.17 bits per heavy atom. The number of unbranched alkanes of at least 4 members (excludes halogenated alkanes) is 6. The predicted octanol–water partition coefficient (Wildman–Crippen LogP) is 4.85. The standard InChI is InChI=1S/C10H21FO3S.C8H20N/c1-2-3-4-5-6-7-8-9-10(11)15(12,13)14;1-5-9(6-2,7-3)8-4/h10H,2-9H2,1H3,(H,12,13,14);5-8H2,1-4H3/q;+1/p-1. The van der Waals surface area contributed by atoms with Crippen LogP contribution in [0.15, 0.2) is 0 Å². The van der Waals surface area contributed by atoms with Crippen LogP contribution in [0, 0.1) is 0 Å². The maximum atomic E-state index is 12.6. The molecule has 0 heterocycles. The van der Waals surface area contributed by atoms with Crippen molar-refractivity contribution in [2.75, 3.05) is 26.2 Å². The Labute approximate surface area is 150 Å². The van der Waals surface area contributed by atoms with E-state index in [-0.39, 0.29) is 6.42 Å². The zero-order valence-corrected chi connectivity index (χ0v) is 17.3. The molecule has 0 aromatic rings. The van der Waals surface area contributed by atoms with E-state index in [1.807, 2.05) is 0 Å². The van der Waals surface area contributed by atoms with Crippen molar-refractivity contribution in [1.29, 1.82) is 0 Å². The lowest BCUT2D eigenvalue weighted by Gasteiger charge is -2.34. The molecule has 0 aliphatic heterocycles. The molecule has 148 valence electrons. The van der Waals surface area contributed by atoms with Gasteiger partial charge in [0.2, 0.25) is 0 Å². The number of nitrogens with zero attached hydrogens (tertiary/aromatic N) is 1. The largest absolute Gasteiger partial charge is 0.746 e. The number of alkyl halides is 1. The van der Waals surface area contributed by atoms with Gasteiger partial charge >= 0.3 is 0 Å². The van der Waals surface area contributed by atoms with Crippen molar-refractivity contribution in [2.24, 2.45) is 0 Å². The second-order valence-electron chi connectivity index (χ2n) is 6.42. The minimum absolute atomic E-state index is 0.153. The summed E-state index contributed by atoms with van der Waals surface area (Å²) in [5, 5.41) is 0. The first-order valence-electron chi connectivity index (χ1n) is 9.66. The van der Waals surface area contributed by atoms with Gasteiger partial charge in [0.05, 0.1) is 26.2 Å². The van der Waals surface area contributed by atoms with Gasteiger partial charge in [-0.3, -0.25) is 0 Å². The fourth-order valence-electron chi connectivity index (χ4n) is 2.75. The molecule has 24 heavy (non-hydrogen) atoms. The summed E-state index contributed by atoms with van der Waals surface area (Å²) >= 11 is 0. The highest BCUT2D eigenvalue weighted by atomic mass is 32.2. The van der Waals surface area contributed by atoms with Gasteiger partial charge in [-0.2, -0.15) is 0 Å². The zero-order chi connectivity index (χ0) is 19.1. The van der Waals surface area contributed by atoms with E-state index in [4.69, 9.17) is 0 Å². The second kappa shape index (κ2) is 15.1. The minimum atomic E-state index is -4.72. The Bertz CT molecular complexity index is 353. The normalized spacial score (nSPS) is 13.3. The van der Waals surface area contributed by atoms with Crippen LogP contribution in [0.2, 0.25) is 0 Å². The molecule has 0 saturated heterocycles. The lowest BCUT2D eigenvalue weighted by molar-refractivity contribution is -0.921. The Morgan fingerprint density at radius 1 is 0.792 bits per heavy atom. The monoisotopic (exact) mass is 369 g/mol. The maximum absolute atomic E-state index is 12.6. The van der Waals surface area contributed by atoms with Crippen LogP contribution in [0.25, 0.3) is 0 Å². The zero-order valence-electron chi connectivity index (χ0n) is 16.5. The van der Waals surface area contributed by atoms with Crippen LogP contribution in [-0.4, -0.2) is 49.1 Å². The topological polar surface area (TPSA) is 57.2 Å². The first-order chi connectivity index (χ1) is 11.2. The second-order valence-corrected chi connectivity index (χ2v) is 7.92. The summed E-state index contributed by atoms with van der Waals surface area (Å²) in [6.07, 6.45) is 6.80. The molecule has 1 atom stereocenters. The van der Waals surface area contributed by atoms with E-state index >= 15 is 0 Å². The quantitative estimate of drug-likeness (QED) is 0.265. The molecular formula is C18H40FNO3S. The summed E-state index contributed by atoms with van der Waals surface area (Å²) in [6.45, 7) is 16.4. The fraction of sp³-hybridized carbons (Fsp3) is 1.00. The van der Waals surface area contributed by atoms with Gasteiger partial charge in [0.15, 0.2) is 5.50 Å². The minimum Gasteiger partial charge on any atom is -0.746 e. The highest BCUT2D eigenvalue weighted by molar-refractivity contribution is 7.86. The molecule has 0 bridgehead atoms.